The van der Waals surface area contributed by atoms with E-state index in [0.717, 1.165) is 45.1 Å². The number of nitrogens with two attached hydrogens (primary N) is 1. The first-order chi connectivity index (χ1) is 9.24. The molecule has 2 aliphatic rings. The Hall–Kier alpha value is -1.26. The van der Waals surface area contributed by atoms with Gasteiger partial charge in [0.15, 0.2) is 0 Å². The molecule has 1 aromatic rings. The van der Waals surface area contributed by atoms with E-state index in [-0.39, 0.29) is 0 Å². The van der Waals surface area contributed by atoms with Gasteiger partial charge >= 0.3 is 0 Å². The van der Waals surface area contributed by atoms with Crippen molar-refractivity contribution < 1.29 is 4.74 Å². The minimum absolute atomic E-state index is 0.657. The Morgan fingerprint density at radius 1 is 1.21 bits per heavy atom. The molecule has 1 unspecified atom stereocenters. The number of morpholine rings is 1. The van der Waals surface area contributed by atoms with E-state index in [2.05, 4.69) is 34.9 Å². The van der Waals surface area contributed by atoms with Crippen molar-refractivity contribution in [3.63, 3.8) is 0 Å². The van der Waals surface area contributed by atoms with Crippen molar-refractivity contribution in [2.45, 2.75) is 19.4 Å². The first kappa shape index (κ1) is 12.8. The second kappa shape index (κ2) is 5.39. The lowest BCUT2D eigenvalue weighted by molar-refractivity contribution is 0.0209. The van der Waals surface area contributed by atoms with Crippen molar-refractivity contribution in [3.8, 4) is 0 Å². The number of nitrogens with zero attached hydrogens (tertiary/aromatic N) is 2. The van der Waals surface area contributed by atoms with Crippen molar-refractivity contribution in [3.05, 3.63) is 23.8 Å². The van der Waals surface area contributed by atoms with Gasteiger partial charge in [0, 0.05) is 32.2 Å². The largest absolute Gasteiger partial charge is 0.397 e. The Labute approximate surface area is 115 Å². The van der Waals surface area contributed by atoms with E-state index in [1.54, 1.807) is 0 Å². The lowest BCUT2D eigenvalue weighted by atomic mass is 10.2. The molecule has 0 saturated carbocycles. The van der Waals surface area contributed by atoms with Gasteiger partial charge in [-0.3, -0.25) is 4.90 Å². The number of nitrogen functional groups attached to an aromatic ring is 1. The molecule has 4 nitrogen and oxygen atoms in total. The quantitative estimate of drug-likeness (QED) is 0.819. The first-order valence-electron chi connectivity index (χ1n) is 7.17. The summed E-state index contributed by atoms with van der Waals surface area (Å²) < 4.78 is 5.43. The molecule has 1 aromatic carbocycles. The second-order valence-corrected chi connectivity index (χ2v) is 5.60. The molecule has 0 radical (unpaired) electrons. The van der Waals surface area contributed by atoms with Crippen LogP contribution in [0.1, 0.15) is 12.0 Å². The van der Waals surface area contributed by atoms with Crippen LogP contribution in [0.5, 0.6) is 0 Å². The lowest BCUT2D eigenvalue weighted by Gasteiger charge is -2.32. The van der Waals surface area contributed by atoms with E-state index in [4.69, 9.17) is 10.5 Å². The molecule has 2 aliphatic heterocycles. The van der Waals surface area contributed by atoms with Crippen LogP contribution < -0.4 is 10.6 Å². The summed E-state index contributed by atoms with van der Waals surface area (Å²) in [5, 5.41) is 0. The first-order valence-corrected chi connectivity index (χ1v) is 7.17. The summed E-state index contributed by atoms with van der Waals surface area (Å²) in [6, 6.07) is 7.03. The number of aryl methyl sites for hydroxylation is 1. The number of benzene rings is 1. The average Bonchev–Trinajstić information content (AvgIpc) is 2.89. The van der Waals surface area contributed by atoms with Crippen LogP contribution in [-0.2, 0) is 4.74 Å². The zero-order valence-corrected chi connectivity index (χ0v) is 11.6. The third-order valence-electron chi connectivity index (χ3n) is 4.25. The minimum atomic E-state index is 0.657. The van der Waals surface area contributed by atoms with Crippen molar-refractivity contribution in [1.29, 1.82) is 0 Å². The van der Waals surface area contributed by atoms with Gasteiger partial charge < -0.3 is 15.4 Å². The summed E-state index contributed by atoms with van der Waals surface area (Å²) in [7, 11) is 0. The maximum atomic E-state index is 6.15. The van der Waals surface area contributed by atoms with Crippen molar-refractivity contribution in [2.24, 2.45) is 0 Å². The molecular weight excluding hydrogens is 238 g/mol. The Balaban J connectivity index is 1.67. The summed E-state index contributed by atoms with van der Waals surface area (Å²) in [6.45, 7) is 8.18. The SMILES string of the molecule is Cc1ccc(N2CCC(N3CCOCC3)C2)c(N)c1. The van der Waals surface area contributed by atoms with Crippen LogP contribution in [0.15, 0.2) is 18.2 Å². The zero-order valence-electron chi connectivity index (χ0n) is 11.6. The van der Waals surface area contributed by atoms with Gasteiger partial charge in [-0.15, -0.1) is 0 Å². The van der Waals surface area contributed by atoms with E-state index in [9.17, 15) is 0 Å². The maximum absolute atomic E-state index is 6.15. The van der Waals surface area contributed by atoms with Crippen LogP contribution >= 0.6 is 0 Å². The molecule has 0 aromatic heterocycles. The van der Waals surface area contributed by atoms with E-state index in [0.29, 0.717) is 6.04 Å². The molecule has 0 bridgehead atoms. The molecular formula is C15H23N3O. The molecule has 0 aliphatic carbocycles. The predicted octanol–water partition coefficient (Wildman–Crippen LogP) is 1.49. The van der Waals surface area contributed by atoms with Gasteiger partial charge in [-0.05, 0) is 31.0 Å². The van der Waals surface area contributed by atoms with Crippen LogP contribution in [0.2, 0.25) is 0 Å². The molecule has 0 spiro atoms. The lowest BCUT2D eigenvalue weighted by Crippen LogP contribution is -2.44. The molecule has 104 valence electrons. The summed E-state index contributed by atoms with van der Waals surface area (Å²) in [5.41, 5.74) is 9.48. The molecule has 3 rings (SSSR count). The Morgan fingerprint density at radius 2 is 2.00 bits per heavy atom. The predicted molar refractivity (Wildman–Crippen MR) is 78.6 cm³/mol. The van der Waals surface area contributed by atoms with E-state index < -0.39 is 0 Å². The summed E-state index contributed by atoms with van der Waals surface area (Å²) in [6.07, 6.45) is 1.23. The van der Waals surface area contributed by atoms with Crippen molar-refractivity contribution in [1.82, 2.24) is 4.90 Å². The summed E-state index contributed by atoms with van der Waals surface area (Å²) in [5.74, 6) is 0. The van der Waals surface area contributed by atoms with Crippen LogP contribution in [0.25, 0.3) is 0 Å². The third-order valence-corrected chi connectivity index (χ3v) is 4.25. The maximum Gasteiger partial charge on any atom is 0.0600 e. The Morgan fingerprint density at radius 3 is 2.74 bits per heavy atom. The van der Waals surface area contributed by atoms with Crippen LogP contribution in [0, 0.1) is 6.92 Å². The molecule has 4 heteroatoms. The third kappa shape index (κ3) is 2.69. The van der Waals surface area contributed by atoms with E-state index in [1.807, 2.05) is 0 Å². The monoisotopic (exact) mass is 261 g/mol. The smallest absolute Gasteiger partial charge is 0.0600 e. The average molecular weight is 261 g/mol. The van der Waals surface area contributed by atoms with Gasteiger partial charge in [0.2, 0.25) is 0 Å². The Kier molecular flexibility index (Phi) is 3.62. The fourth-order valence-electron chi connectivity index (χ4n) is 3.16. The highest BCUT2D eigenvalue weighted by atomic mass is 16.5. The van der Waals surface area contributed by atoms with Gasteiger partial charge in [-0.1, -0.05) is 6.07 Å². The van der Waals surface area contributed by atoms with E-state index >= 15 is 0 Å². The normalized spacial score (nSPS) is 24.9. The topological polar surface area (TPSA) is 41.7 Å². The molecule has 2 heterocycles. The van der Waals surface area contributed by atoms with Crippen LogP contribution in [0.3, 0.4) is 0 Å². The number of hydrogen-bond acceptors (Lipinski definition) is 4. The number of anilines is 2. The van der Waals surface area contributed by atoms with Crippen molar-refractivity contribution >= 4 is 11.4 Å². The highest BCUT2D eigenvalue weighted by Gasteiger charge is 2.29. The molecule has 2 saturated heterocycles. The zero-order chi connectivity index (χ0) is 13.2. The summed E-state index contributed by atoms with van der Waals surface area (Å²) in [4.78, 5) is 4.99. The van der Waals surface area contributed by atoms with Gasteiger partial charge in [-0.25, -0.2) is 0 Å². The van der Waals surface area contributed by atoms with Gasteiger partial charge in [-0.2, -0.15) is 0 Å². The summed E-state index contributed by atoms with van der Waals surface area (Å²) >= 11 is 0. The molecule has 2 N–H and O–H groups in total. The van der Waals surface area contributed by atoms with Crippen molar-refractivity contribution in [2.75, 3.05) is 50.0 Å². The number of ether oxygens (including phenoxy) is 1. The van der Waals surface area contributed by atoms with E-state index in [1.165, 1.54) is 17.7 Å². The van der Waals surface area contributed by atoms with Gasteiger partial charge in [0.25, 0.3) is 0 Å². The standard InChI is InChI=1S/C15H23N3O/c1-12-2-3-15(14(16)10-12)18-5-4-13(11-18)17-6-8-19-9-7-17/h2-3,10,13H,4-9,11,16H2,1H3. The highest BCUT2D eigenvalue weighted by molar-refractivity contribution is 5.68. The fourth-order valence-corrected chi connectivity index (χ4v) is 3.16. The van der Waals surface area contributed by atoms with Crippen LogP contribution in [-0.4, -0.2) is 50.3 Å². The fraction of sp³-hybridized carbons (Fsp3) is 0.600. The van der Waals surface area contributed by atoms with Gasteiger partial charge in [0.05, 0.1) is 24.6 Å². The number of rotatable bonds is 2. The molecule has 19 heavy (non-hydrogen) atoms. The molecule has 1 atom stereocenters. The highest BCUT2D eigenvalue weighted by Crippen LogP contribution is 2.29. The molecule has 2 fully saturated rings. The second-order valence-electron chi connectivity index (χ2n) is 5.60. The van der Waals surface area contributed by atoms with Gasteiger partial charge in [0.1, 0.15) is 0 Å². The Bertz CT molecular complexity index is 443. The number of hydrogen-bond donors (Lipinski definition) is 1. The van der Waals surface area contributed by atoms with Crippen LogP contribution in [0.4, 0.5) is 11.4 Å². The molecule has 0 amide bonds. The minimum Gasteiger partial charge on any atom is -0.397 e.